The molecule has 1 rings (SSSR count). The van der Waals surface area contributed by atoms with E-state index in [0.717, 1.165) is 11.3 Å². The van der Waals surface area contributed by atoms with Crippen molar-refractivity contribution in [1.82, 2.24) is 4.90 Å². The van der Waals surface area contributed by atoms with Crippen LogP contribution in [0.1, 0.15) is 11.5 Å². The minimum absolute atomic E-state index is 0.0906. The van der Waals surface area contributed by atoms with Crippen LogP contribution in [0, 0.1) is 0 Å². The molecule has 1 aromatic rings. The fourth-order valence-corrected chi connectivity index (χ4v) is 2.16. The molecule has 0 saturated carbocycles. The molecule has 1 atom stereocenters. The van der Waals surface area contributed by atoms with E-state index >= 15 is 0 Å². The largest absolute Gasteiger partial charge is 0.409 e. The summed E-state index contributed by atoms with van der Waals surface area (Å²) in [7, 11) is 1.72. The molecule has 1 aromatic carbocycles. The van der Waals surface area contributed by atoms with Crippen molar-refractivity contribution in [3.8, 4) is 0 Å². The van der Waals surface area contributed by atoms with Crippen LogP contribution in [0.5, 0.6) is 0 Å². The monoisotopic (exact) mass is 281 g/mol. The molecule has 0 bridgehead atoms. The molecule has 0 aliphatic rings. The molecule has 0 radical (unpaired) electrons. The number of amides is 1. The Morgan fingerprint density at radius 1 is 1.47 bits per heavy atom. The van der Waals surface area contributed by atoms with Crippen molar-refractivity contribution < 1.29 is 10.0 Å². The summed E-state index contributed by atoms with van der Waals surface area (Å²) >= 11 is 1.66. The van der Waals surface area contributed by atoms with Crippen molar-refractivity contribution in [2.75, 3.05) is 25.6 Å². The highest BCUT2D eigenvalue weighted by molar-refractivity contribution is 7.98. The number of hydrogen-bond acceptors (Lipinski definition) is 4. The first kappa shape index (κ1) is 15.4. The van der Waals surface area contributed by atoms with Gasteiger partial charge in [0.2, 0.25) is 5.91 Å². The Morgan fingerprint density at radius 3 is 2.63 bits per heavy atom. The zero-order valence-corrected chi connectivity index (χ0v) is 11.9. The summed E-state index contributed by atoms with van der Waals surface area (Å²) in [6.45, 7) is 0.627. The van der Waals surface area contributed by atoms with Gasteiger partial charge in [-0.25, -0.2) is 0 Å². The average molecular weight is 281 g/mol. The Kier molecular flexibility index (Phi) is 6.21. The van der Waals surface area contributed by atoms with Crippen LogP contribution in [0.15, 0.2) is 35.5 Å². The number of nitrogens with two attached hydrogens (primary N) is 1. The first-order chi connectivity index (χ1) is 9.11. The average Bonchev–Trinajstić information content (AvgIpc) is 2.45. The minimum Gasteiger partial charge on any atom is -0.409 e. The summed E-state index contributed by atoms with van der Waals surface area (Å²) in [4.78, 5) is 14.0. The number of hydrogen-bond donors (Lipinski definition) is 2. The highest BCUT2D eigenvalue weighted by atomic mass is 32.2. The Balaban J connectivity index is 2.96. The molecule has 6 heteroatoms. The van der Waals surface area contributed by atoms with Gasteiger partial charge < -0.3 is 15.8 Å². The number of rotatable bonds is 6. The molecule has 0 aliphatic carbocycles. The Bertz CT molecular complexity index is 437. The van der Waals surface area contributed by atoms with Crippen molar-refractivity contribution in [1.29, 1.82) is 0 Å². The lowest BCUT2D eigenvalue weighted by atomic mass is 9.96. The standard InChI is InChI=1S/C13H19N3O2S/c1-16(8-9-19-2)13(17)11(12(14)15-18)10-6-4-3-5-7-10/h3-7,11,18H,8-9H2,1-2H3,(H2,14,15). The molecule has 104 valence electrons. The number of nitrogens with zero attached hydrogens (tertiary/aromatic N) is 2. The van der Waals surface area contributed by atoms with Crippen molar-refractivity contribution >= 4 is 23.5 Å². The van der Waals surface area contributed by atoms with Crippen LogP contribution in [0.25, 0.3) is 0 Å². The van der Waals surface area contributed by atoms with Crippen molar-refractivity contribution in [3.05, 3.63) is 35.9 Å². The summed E-state index contributed by atoms with van der Waals surface area (Å²) in [5, 5.41) is 11.9. The van der Waals surface area contributed by atoms with E-state index in [2.05, 4.69) is 5.16 Å². The van der Waals surface area contributed by atoms with Crippen molar-refractivity contribution in [3.63, 3.8) is 0 Å². The van der Waals surface area contributed by atoms with E-state index in [1.807, 2.05) is 24.5 Å². The van der Waals surface area contributed by atoms with Crippen molar-refractivity contribution in [2.24, 2.45) is 10.9 Å². The zero-order valence-electron chi connectivity index (χ0n) is 11.1. The lowest BCUT2D eigenvalue weighted by Gasteiger charge is -2.23. The number of carbonyl (C=O) groups is 1. The van der Waals surface area contributed by atoms with Crippen LogP contribution >= 0.6 is 11.8 Å². The van der Waals surface area contributed by atoms with E-state index in [1.165, 1.54) is 0 Å². The number of thioether (sulfide) groups is 1. The zero-order chi connectivity index (χ0) is 14.3. The van der Waals surface area contributed by atoms with E-state index in [0.29, 0.717) is 6.54 Å². The molecular weight excluding hydrogens is 262 g/mol. The van der Waals surface area contributed by atoms with Crippen LogP contribution in [0.4, 0.5) is 0 Å². The third-order valence-corrected chi connectivity index (χ3v) is 3.39. The van der Waals surface area contributed by atoms with E-state index < -0.39 is 5.92 Å². The number of carbonyl (C=O) groups excluding carboxylic acids is 1. The first-order valence-corrected chi connectivity index (χ1v) is 7.27. The van der Waals surface area contributed by atoms with Gasteiger partial charge in [0.15, 0.2) is 5.84 Å². The summed E-state index contributed by atoms with van der Waals surface area (Å²) in [5.41, 5.74) is 6.39. The topological polar surface area (TPSA) is 78.9 Å². The maximum Gasteiger partial charge on any atom is 0.237 e. The van der Waals surface area contributed by atoms with Crippen LogP contribution in [0.3, 0.4) is 0 Å². The van der Waals surface area contributed by atoms with Gasteiger partial charge in [-0.05, 0) is 11.8 Å². The normalized spacial score (nSPS) is 13.1. The van der Waals surface area contributed by atoms with E-state index in [9.17, 15) is 4.79 Å². The first-order valence-electron chi connectivity index (χ1n) is 5.88. The van der Waals surface area contributed by atoms with Crippen molar-refractivity contribution in [2.45, 2.75) is 5.92 Å². The quantitative estimate of drug-likeness (QED) is 0.357. The molecule has 1 unspecified atom stereocenters. The SMILES string of the molecule is CSCCN(C)C(=O)C(/C(N)=N/O)c1ccccc1. The van der Waals surface area contributed by atoms with Gasteiger partial charge >= 0.3 is 0 Å². The Morgan fingerprint density at radius 2 is 2.11 bits per heavy atom. The molecule has 3 N–H and O–H groups in total. The summed E-state index contributed by atoms with van der Waals surface area (Å²) < 4.78 is 0. The Hall–Kier alpha value is -1.69. The lowest BCUT2D eigenvalue weighted by Crippen LogP contribution is -2.39. The molecule has 0 saturated heterocycles. The summed E-state index contributed by atoms with van der Waals surface area (Å²) in [5.74, 6) is -0.152. The van der Waals surface area contributed by atoms with Gasteiger partial charge in [-0.15, -0.1) is 0 Å². The maximum atomic E-state index is 12.4. The molecule has 19 heavy (non-hydrogen) atoms. The molecule has 0 fully saturated rings. The number of likely N-dealkylation sites (N-methyl/N-ethyl adjacent to an activating group) is 1. The number of benzene rings is 1. The highest BCUT2D eigenvalue weighted by Crippen LogP contribution is 2.18. The molecule has 5 nitrogen and oxygen atoms in total. The van der Waals surface area contributed by atoms with E-state index in [-0.39, 0.29) is 11.7 Å². The third-order valence-electron chi connectivity index (χ3n) is 2.80. The minimum atomic E-state index is -0.738. The van der Waals surface area contributed by atoms with Gasteiger partial charge in [0.1, 0.15) is 5.92 Å². The third kappa shape index (κ3) is 4.17. The molecule has 0 spiro atoms. The van der Waals surface area contributed by atoms with Crippen LogP contribution < -0.4 is 5.73 Å². The van der Waals surface area contributed by atoms with Gasteiger partial charge in [-0.1, -0.05) is 35.5 Å². The summed E-state index contributed by atoms with van der Waals surface area (Å²) in [6, 6.07) is 9.09. The fourth-order valence-electron chi connectivity index (χ4n) is 1.70. The van der Waals surface area contributed by atoms with Crippen LogP contribution in [-0.2, 0) is 4.79 Å². The highest BCUT2D eigenvalue weighted by Gasteiger charge is 2.27. The van der Waals surface area contributed by atoms with Gasteiger partial charge in [0, 0.05) is 19.3 Å². The molecular formula is C13H19N3O2S. The second kappa shape index (κ2) is 7.68. The summed E-state index contributed by atoms with van der Waals surface area (Å²) in [6.07, 6.45) is 1.98. The smallest absolute Gasteiger partial charge is 0.237 e. The maximum absolute atomic E-state index is 12.4. The molecule has 0 heterocycles. The molecule has 0 aromatic heterocycles. The number of oxime groups is 1. The van der Waals surface area contributed by atoms with Gasteiger partial charge in [-0.3, -0.25) is 4.79 Å². The van der Waals surface area contributed by atoms with Crippen LogP contribution in [0.2, 0.25) is 0 Å². The van der Waals surface area contributed by atoms with Gasteiger partial charge in [-0.2, -0.15) is 11.8 Å². The lowest BCUT2D eigenvalue weighted by molar-refractivity contribution is -0.129. The Labute approximate surface area is 117 Å². The number of amidine groups is 1. The van der Waals surface area contributed by atoms with E-state index in [1.54, 1.807) is 35.8 Å². The van der Waals surface area contributed by atoms with E-state index in [4.69, 9.17) is 10.9 Å². The van der Waals surface area contributed by atoms with Gasteiger partial charge in [0.05, 0.1) is 0 Å². The second-order valence-corrected chi connectivity index (χ2v) is 5.11. The van der Waals surface area contributed by atoms with Crippen LogP contribution in [-0.4, -0.2) is 47.5 Å². The fraction of sp³-hybridized carbons (Fsp3) is 0.385. The second-order valence-electron chi connectivity index (χ2n) is 4.12. The molecule has 1 amide bonds. The predicted molar refractivity (Wildman–Crippen MR) is 78.6 cm³/mol. The predicted octanol–water partition coefficient (Wildman–Crippen LogP) is 1.34. The van der Waals surface area contributed by atoms with Gasteiger partial charge in [0.25, 0.3) is 0 Å². The molecule has 0 aliphatic heterocycles.